The van der Waals surface area contributed by atoms with Gasteiger partial charge in [-0.2, -0.15) is 15.4 Å². The van der Waals surface area contributed by atoms with Crippen LogP contribution >= 0.6 is 0 Å². The maximum atomic E-state index is 12.9. The van der Waals surface area contributed by atoms with Gasteiger partial charge in [-0.05, 0) is 18.2 Å². The van der Waals surface area contributed by atoms with Gasteiger partial charge in [0.2, 0.25) is 0 Å². The van der Waals surface area contributed by atoms with Gasteiger partial charge in [-0.25, -0.2) is 4.98 Å². The van der Waals surface area contributed by atoms with E-state index in [1.165, 1.54) is 0 Å². The van der Waals surface area contributed by atoms with Crippen molar-refractivity contribution >= 4 is 22.8 Å². The highest BCUT2D eigenvalue weighted by Crippen LogP contribution is 2.26. The highest BCUT2D eigenvalue weighted by Gasteiger charge is 2.29. The summed E-state index contributed by atoms with van der Waals surface area (Å²) >= 11 is 0. The molecule has 1 aliphatic heterocycles. The van der Waals surface area contributed by atoms with E-state index in [4.69, 9.17) is 4.74 Å². The van der Waals surface area contributed by atoms with Crippen molar-refractivity contribution in [3.8, 4) is 0 Å². The van der Waals surface area contributed by atoms with Gasteiger partial charge in [-0.1, -0.05) is 0 Å². The van der Waals surface area contributed by atoms with Gasteiger partial charge < -0.3 is 15.0 Å². The zero-order chi connectivity index (χ0) is 17.2. The molecule has 1 aliphatic rings. The molecule has 9 nitrogen and oxygen atoms in total. The molecular formula is C16H17N7O2. The van der Waals surface area contributed by atoms with Crippen LogP contribution in [0.15, 0.2) is 30.6 Å². The molecule has 0 radical (unpaired) electrons. The van der Waals surface area contributed by atoms with E-state index < -0.39 is 0 Å². The molecule has 2 N–H and O–H groups in total. The second kappa shape index (κ2) is 6.44. The minimum absolute atomic E-state index is 0.0619. The van der Waals surface area contributed by atoms with Crippen LogP contribution in [0.25, 0.3) is 11.0 Å². The summed E-state index contributed by atoms with van der Waals surface area (Å²) in [6.07, 6.45) is 2.93. The highest BCUT2D eigenvalue weighted by molar-refractivity contribution is 5.97. The first-order valence-electron chi connectivity index (χ1n) is 7.96. The second-order valence-electron chi connectivity index (χ2n) is 5.68. The number of aromatic amines is 1. The number of rotatable bonds is 3. The van der Waals surface area contributed by atoms with Gasteiger partial charge in [0, 0.05) is 31.5 Å². The molecule has 128 valence electrons. The number of hydrogen-bond donors (Lipinski definition) is 2. The number of morpholine rings is 1. The zero-order valence-electron chi connectivity index (χ0n) is 13.6. The topological polar surface area (TPSA) is 109 Å². The quantitative estimate of drug-likeness (QED) is 0.733. The predicted molar refractivity (Wildman–Crippen MR) is 90.1 cm³/mol. The van der Waals surface area contributed by atoms with Crippen LogP contribution in [0.3, 0.4) is 0 Å². The summed E-state index contributed by atoms with van der Waals surface area (Å²) < 4.78 is 5.82. The Kier molecular flexibility index (Phi) is 3.98. The van der Waals surface area contributed by atoms with Crippen LogP contribution < -0.4 is 5.32 Å². The maximum Gasteiger partial charge on any atom is 0.254 e. The lowest BCUT2D eigenvalue weighted by Gasteiger charge is -2.33. The maximum absolute atomic E-state index is 12.9. The third-order valence-electron chi connectivity index (χ3n) is 4.19. The van der Waals surface area contributed by atoms with E-state index in [9.17, 15) is 4.79 Å². The van der Waals surface area contributed by atoms with E-state index in [2.05, 4.69) is 30.7 Å². The van der Waals surface area contributed by atoms with E-state index in [0.717, 1.165) is 5.52 Å². The van der Waals surface area contributed by atoms with Crippen molar-refractivity contribution in [2.45, 2.75) is 6.10 Å². The molecule has 4 rings (SSSR count). The zero-order valence-corrected chi connectivity index (χ0v) is 13.6. The molecule has 1 fully saturated rings. The summed E-state index contributed by atoms with van der Waals surface area (Å²) in [5.41, 5.74) is 2.68. The van der Waals surface area contributed by atoms with Crippen molar-refractivity contribution in [3.63, 3.8) is 0 Å². The monoisotopic (exact) mass is 339 g/mol. The van der Waals surface area contributed by atoms with E-state index in [-0.39, 0.29) is 12.0 Å². The Morgan fingerprint density at radius 3 is 3.00 bits per heavy atom. The smallest absolute Gasteiger partial charge is 0.254 e. The van der Waals surface area contributed by atoms with Crippen LogP contribution in [-0.4, -0.2) is 62.9 Å². The van der Waals surface area contributed by atoms with E-state index in [1.807, 2.05) is 0 Å². The van der Waals surface area contributed by atoms with E-state index in [0.29, 0.717) is 42.3 Å². The molecule has 2 aromatic heterocycles. The standard InChI is InChI=1S/C16H17N7O2/c1-17-15-14(18-4-5-19-15)13-9-23(6-7-25-13)16(24)10-2-3-11-12(8-10)21-22-20-11/h2-5,8,13H,6-7,9H2,1H3,(H,17,19)(H,20,21,22)/t13-/m1/s1. The Balaban J connectivity index is 1.57. The number of amides is 1. The fourth-order valence-corrected chi connectivity index (χ4v) is 2.93. The molecule has 1 atom stereocenters. The van der Waals surface area contributed by atoms with Crippen LogP contribution in [0.2, 0.25) is 0 Å². The van der Waals surface area contributed by atoms with Crippen LogP contribution in [-0.2, 0) is 4.74 Å². The molecule has 3 aromatic rings. The molecule has 0 spiro atoms. The number of carbonyl (C=O) groups excluding carboxylic acids is 1. The van der Waals surface area contributed by atoms with Crippen molar-refractivity contribution < 1.29 is 9.53 Å². The number of ether oxygens (including phenoxy) is 1. The first-order valence-corrected chi connectivity index (χ1v) is 7.96. The van der Waals surface area contributed by atoms with Gasteiger partial charge in [0.25, 0.3) is 5.91 Å². The minimum atomic E-state index is -0.315. The summed E-state index contributed by atoms with van der Waals surface area (Å²) in [6.45, 7) is 1.40. The van der Waals surface area contributed by atoms with Crippen LogP contribution in [0.1, 0.15) is 22.2 Å². The number of carbonyl (C=O) groups is 1. The Morgan fingerprint density at radius 2 is 2.12 bits per heavy atom. The summed E-state index contributed by atoms with van der Waals surface area (Å²) in [5.74, 6) is 0.596. The number of nitrogens with zero attached hydrogens (tertiary/aromatic N) is 5. The Labute approximate surface area is 143 Å². The van der Waals surface area contributed by atoms with Gasteiger partial charge in [-0.15, -0.1) is 0 Å². The van der Waals surface area contributed by atoms with Gasteiger partial charge in [0.1, 0.15) is 28.6 Å². The van der Waals surface area contributed by atoms with Crippen LogP contribution in [0, 0.1) is 0 Å². The Hall–Kier alpha value is -3.07. The number of hydrogen-bond acceptors (Lipinski definition) is 7. The molecule has 9 heteroatoms. The average molecular weight is 339 g/mol. The largest absolute Gasteiger partial charge is 0.372 e. The van der Waals surface area contributed by atoms with Crippen molar-refractivity contribution in [2.24, 2.45) is 0 Å². The molecule has 0 bridgehead atoms. The van der Waals surface area contributed by atoms with Crippen LogP contribution in [0.5, 0.6) is 0 Å². The molecule has 1 aromatic carbocycles. The summed E-state index contributed by atoms with van der Waals surface area (Å²) in [5, 5.41) is 13.6. The van der Waals surface area contributed by atoms with E-state index >= 15 is 0 Å². The highest BCUT2D eigenvalue weighted by atomic mass is 16.5. The number of aromatic nitrogens is 5. The summed E-state index contributed by atoms with van der Waals surface area (Å²) in [4.78, 5) is 23.2. The molecule has 0 aliphatic carbocycles. The van der Waals surface area contributed by atoms with Crippen molar-refractivity contribution in [3.05, 3.63) is 41.9 Å². The fourth-order valence-electron chi connectivity index (χ4n) is 2.93. The summed E-state index contributed by atoms with van der Waals surface area (Å²) in [7, 11) is 1.78. The first-order chi connectivity index (χ1) is 12.3. The molecular weight excluding hydrogens is 322 g/mol. The number of benzene rings is 1. The lowest BCUT2D eigenvalue weighted by molar-refractivity contribution is -0.0245. The first kappa shape index (κ1) is 15.5. The van der Waals surface area contributed by atoms with Crippen molar-refractivity contribution in [2.75, 3.05) is 32.1 Å². The third kappa shape index (κ3) is 2.89. The van der Waals surface area contributed by atoms with E-state index in [1.54, 1.807) is 42.5 Å². The molecule has 3 heterocycles. The number of H-pyrrole nitrogens is 1. The number of anilines is 1. The average Bonchev–Trinajstić information content (AvgIpc) is 3.15. The SMILES string of the molecule is CNc1nccnc1[C@H]1CN(C(=O)c2ccc3n[nH]nc3c2)CCO1. The van der Waals surface area contributed by atoms with Crippen molar-refractivity contribution in [1.82, 2.24) is 30.3 Å². The van der Waals surface area contributed by atoms with Gasteiger partial charge in [0.05, 0.1) is 13.2 Å². The fraction of sp³-hybridized carbons (Fsp3) is 0.312. The van der Waals surface area contributed by atoms with Crippen molar-refractivity contribution in [1.29, 1.82) is 0 Å². The Morgan fingerprint density at radius 1 is 1.28 bits per heavy atom. The number of nitrogens with one attached hydrogen (secondary N) is 2. The molecule has 1 saturated heterocycles. The summed E-state index contributed by atoms with van der Waals surface area (Å²) in [6, 6.07) is 5.29. The molecule has 25 heavy (non-hydrogen) atoms. The van der Waals surface area contributed by atoms with Crippen LogP contribution in [0.4, 0.5) is 5.82 Å². The molecule has 1 amide bonds. The Bertz CT molecular complexity index is 910. The number of fused-ring (bicyclic) bond motifs is 1. The lowest BCUT2D eigenvalue weighted by atomic mass is 10.1. The van der Waals surface area contributed by atoms with Gasteiger partial charge in [0.15, 0.2) is 0 Å². The minimum Gasteiger partial charge on any atom is -0.372 e. The molecule has 0 saturated carbocycles. The predicted octanol–water partition coefficient (Wildman–Crippen LogP) is 1.00. The second-order valence-corrected chi connectivity index (χ2v) is 5.68. The third-order valence-corrected chi connectivity index (χ3v) is 4.19. The molecule has 0 unspecified atom stereocenters. The lowest BCUT2D eigenvalue weighted by Crippen LogP contribution is -2.42. The normalized spacial score (nSPS) is 17.6. The van der Waals surface area contributed by atoms with Gasteiger partial charge >= 0.3 is 0 Å². The van der Waals surface area contributed by atoms with Gasteiger partial charge in [-0.3, -0.25) is 9.78 Å².